The highest BCUT2D eigenvalue weighted by Crippen LogP contribution is 2.32. The van der Waals surface area contributed by atoms with Crippen LogP contribution in [0.3, 0.4) is 0 Å². The molecule has 3 aromatic rings. The molecule has 0 aliphatic carbocycles. The minimum absolute atomic E-state index is 0.0477. The van der Waals surface area contributed by atoms with Gasteiger partial charge in [-0.05, 0) is 40.2 Å². The Morgan fingerprint density at radius 1 is 1.29 bits per heavy atom. The first kappa shape index (κ1) is 23.2. The maximum absolute atomic E-state index is 14.0. The third-order valence-electron chi connectivity index (χ3n) is 6.25. The summed E-state index contributed by atoms with van der Waals surface area (Å²) >= 11 is 0. The van der Waals surface area contributed by atoms with Gasteiger partial charge in [0, 0.05) is 31.0 Å². The number of alkyl halides is 1. The van der Waals surface area contributed by atoms with E-state index in [2.05, 4.69) is 25.6 Å². The summed E-state index contributed by atoms with van der Waals surface area (Å²) in [7, 11) is 0. The quantitative estimate of drug-likeness (QED) is 0.506. The minimum atomic E-state index is -1.33. The zero-order valence-electron chi connectivity index (χ0n) is 20.2. The Morgan fingerprint density at radius 2 is 2.09 bits per heavy atom. The van der Waals surface area contributed by atoms with E-state index in [9.17, 15) is 14.3 Å². The summed E-state index contributed by atoms with van der Waals surface area (Å²) in [4.78, 5) is 29.3. The summed E-state index contributed by atoms with van der Waals surface area (Å²) in [5.74, 6) is 2.04. The van der Waals surface area contributed by atoms with Gasteiger partial charge in [-0.15, -0.1) is 0 Å². The highest BCUT2D eigenvalue weighted by Gasteiger charge is 2.38. The molecule has 12 heteroatoms. The number of carbonyl (C=O) groups excluding carboxylic acids is 1. The topological polar surface area (TPSA) is 124 Å². The number of piperidine rings is 1. The van der Waals surface area contributed by atoms with E-state index in [4.69, 9.17) is 5.10 Å². The van der Waals surface area contributed by atoms with Gasteiger partial charge >= 0.3 is 6.03 Å². The average Bonchev–Trinajstić information content (AvgIpc) is 3.31. The molecule has 35 heavy (non-hydrogen) atoms. The monoisotopic (exact) mass is 483 g/mol. The van der Waals surface area contributed by atoms with Crippen molar-refractivity contribution in [3.8, 4) is 0 Å². The van der Waals surface area contributed by atoms with Crippen LogP contribution in [0.15, 0.2) is 24.5 Å². The van der Waals surface area contributed by atoms with Crippen LogP contribution in [-0.2, 0) is 0 Å². The van der Waals surface area contributed by atoms with E-state index in [-0.39, 0.29) is 24.2 Å². The smallest absolute Gasteiger partial charge is 0.323 e. The molecule has 2 fully saturated rings. The number of hydrogen-bond donors (Lipinski definition) is 3. The molecule has 3 aromatic heterocycles. The second kappa shape index (κ2) is 8.59. The van der Waals surface area contributed by atoms with Crippen molar-refractivity contribution in [2.75, 3.05) is 34.8 Å². The molecule has 0 spiro atoms. The molecule has 2 aliphatic rings. The summed E-state index contributed by atoms with van der Waals surface area (Å²) in [6.07, 6.45) is 1.36. The molecule has 11 nitrogen and oxygen atoms in total. The number of pyridine rings is 1. The normalized spacial score (nSPS) is 22.2. The fourth-order valence-electron chi connectivity index (χ4n) is 4.49. The van der Waals surface area contributed by atoms with Crippen LogP contribution in [0.4, 0.5) is 32.6 Å². The number of rotatable bonds is 5. The van der Waals surface area contributed by atoms with Gasteiger partial charge in [0.05, 0.1) is 35.6 Å². The lowest BCUT2D eigenvalue weighted by Gasteiger charge is -2.32. The van der Waals surface area contributed by atoms with E-state index in [1.165, 1.54) is 0 Å². The Kier molecular flexibility index (Phi) is 5.70. The number of nitrogens with one attached hydrogen (secondary N) is 2. The number of hydrogen-bond acceptors (Lipinski definition) is 8. The average molecular weight is 484 g/mol. The molecule has 0 saturated carbocycles. The summed E-state index contributed by atoms with van der Waals surface area (Å²) in [6.45, 7) is 9.04. The maximum Gasteiger partial charge on any atom is 0.323 e. The zero-order valence-corrected chi connectivity index (χ0v) is 20.2. The molecule has 2 saturated heterocycles. The van der Waals surface area contributed by atoms with Crippen LogP contribution >= 0.6 is 0 Å². The number of aromatic nitrogens is 5. The molecule has 0 bridgehead atoms. The summed E-state index contributed by atoms with van der Waals surface area (Å²) in [5.41, 5.74) is 0.490. The Morgan fingerprint density at radius 3 is 2.77 bits per heavy atom. The lowest BCUT2D eigenvalue weighted by molar-refractivity contribution is 0.0612. The molecule has 2 amide bonds. The maximum atomic E-state index is 14.0. The van der Waals surface area contributed by atoms with Crippen molar-refractivity contribution in [3.63, 3.8) is 0 Å². The highest BCUT2D eigenvalue weighted by molar-refractivity contribution is 6.03. The number of aliphatic hydroxyl groups excluding tert-OH is 1. The van der Waals surface area contributed by atoms with Gasteiger partial charge in [-0.25, -0.2) is 19.2 Å². The first-order valence-corrected chi connectivity index (χ1v) is 11.8. The van der Waals surface area contributed by atoms with Crippen LogP contribution < -0.4 is 20.4 Å². The van der Waals surface area contributed by atoms with E-state index < -0.39 is 12.3 Å². The van der Waals surface area contributed by atoms with E-state index in [0.29, 0.717) is 42.9 Å². The second-order valence-corrected chi connectivity index (χ2v) is 10.0. The molecule has 5 rings (SSSR count). The molecule has 0 aromatic carbocycles. The first-order chi connectivity index (χ1) is 16.6. The van der Waals surface area contributed by atoms with E-state index in [1.54, 1.807) is 28.3 Å². The van der Waals surface area contributed by atoms with Gasteiger partial charge in [-0.3, -0.25) is 9.58 Å². The highest BCUT2D eigenvalue weighted by atomic mass is 19.1. The van der Waals surface area contributed by atoms with Crippen molar-refractivity contribution < 1.29 is 14.3 Å². The minimum Gasteiger partial charge on any atom is -0.390 e. The van der Waals surface area contributed by atoms with Gasteiger partial charge < -0.3 is 20.6 Å². The number of aliphatic hydroxyl groups is 1. The summed E-state index contributed by atoms with van der Waals surface area (Å²) in [6, 6.07) is 3.47. The van der Waals surface area contributed by atoms with E-state index in [0.717, 1.165) is 10.9 Å². The van der Waals surface area contributed by atoms with Crippen LogP contribution in [0.5, 0.6) is 0 Å². The fraction of sp³-hybridized carbons (Fsp3) is 0.522. The number of urea groups is 1. The van der Waals surface area contributed by atoms with Crippen molar-refractivity contribution in [3.05, 3.63) is 24.5 Å². The molecule has 3 N–H and O–H groups in total. The number of amides is 2. The number of fused-ring (bicyclic) bond motifs is 1. The third-order valence-corrected chi connectivity index (χ3v) is 6.25. The van der Waals surface area contributed by atoms with Crippen molar-refractivity contribution in [1.29, 1.82) is 0 Å². The Hall–Kier alpha value is -3.54. The number of halogens is 1. The summed E-state index contributed by atoms with van der Waals surface area (Å²) in [5, 5.41) is 21.4. The van der Waals surface area contributed by atoms with E-state index in [1.807, 2.05) is 38.4 Å². The van der Waals surface area contributed by atoms with Gasteiger partial charge in [0.25, 0.3) is 0 Å². The van der Waals surface area contributed by atoms with Crippen molar-refractivity contribution in [2.45, 2.75) is 58.0 Å². The van der Waals surface area contributed by atoms with Gasteiger partial charge in [0.2, 0.25) is 5.95 Å². The molecule has 5 heterocycles. The zero-order chi connectivity index (χ0) is 24.9. The molecule has 2 unspecified atom stereocenters. The van der Waals surface area contributed by atoms with Gasteiger partial charge in [-0.1, -0.05) is 0 Å². The van der Waals surface area contributed by atoms with Crippen LogP contribution in [0.2, 0.25) is 0 Å². The van der Waals surface area contributed by atoms with Gasteiger partial charge in [0.1, 0.15) is 17.8 Å². The van der Waals surface area contributed by atoms with Crippen molar-refractivity contribution in [2.24, 2.45) is 0 Å². The molecule has 0 radical (unpaired) electrons. The predicted molar refractivity (Wildman–Crippen MR) is 131 cm³/mol. The lowest BCUT2D eigenvalue weighted by Crippen LogP contribution is -2.45. The fourth-order valence-corrected chi connectivity index (χ4v) is 4.49. The van der Waals surface area contributed by atoms with Gasteiger partial charge in [-0.2, -0.15) is 10.1 Å². The first-order valence-electron chi connectivity index (χ1n) is 11.8. The largest absolute Gasteiger partial charge is 0.390 e. The standard InChI is InChI=1S/C23H30FN9O2/c1-13(2)33-16-9-19(26-10-14(16)20(30-33)32-12-23(3,4)29-22(32)35)27-18-5-7-25-21(28-18)31-8-6-17(34)15(24)11-31/h5,7,9-10,13,15,17,34H,6,8,11-12H2,1-4H3,(H,29,35)(H,25,26,27,28). The van der Waals surface area contributed by atoms with E-state index >= 15 is 0 Å². The number of carbonyl (C=O) groups is 1. The SMILES string of the molecule is CC(C)n1nc(N2CC(C)(C)NC2=O)c2cnc(Nc3ccnc(N4CCC(O)C(F)C4)n3)cc21. The molecule has 2 aliphatic heterocycles. The number of anilines is 4. The van der Waals surface area contributed by atoms with Gasteiger partial charge in [0.15, 0.2) is 5.82 Å². The Labute approximate surface area is 202 Å². The lowest BCUT2D eigenvalue weighted by atomic mass is 10.1. The molecule has 186 valence electrons. The summed E-state index contributed by atoms with van der Waals surface area (Å²) < 4.78 is 15.9. The van der Waals surface area contributed by atoms with Crippen LogP contribution in [-0.4, -0.2) is 73.3 Å². The van der Waals surface area contributed by atoms with Crippen LogP contribution in [0, 0.1) is 0 Å². The molecular formula is C23H30FN9O2. The van der Waals surface area contributed by atoms with Crippen molar-refractivity contribution >= 4 is 40.3 Å². The van der Waals surface area contributed by atoms with Crippen LogP contribution in [0.25, 0.3) is 10.9 Å². The Bertz CT molecular complexity index is 1260. The molecule has 2 atom stereocenters. The predicted octanol–water partition coefficient (Wildman–Crippen LogP) is 2.76. The van der Waals surface area contributed by atoms with Crippen LogP contribution in [0.1, 0.15) is 40.2 Å². The second-order valence-electron chi connectivity index (χ2n) is 10.0. The van der Waals surface area contributed by atoms with Crippen molar-refractivity contribution in [1.82, 2.24) is 30.0 Å². The number of nitrogens with zero attached hydrogens (tertiary/aromatic N) is 7. The Balaban J connectivity index is 1.43. The third kappa shape index (κ3) is 4.45. The molecular weight excluding hydrogens is 453 g/mol.